The van der Waals surface area contributed by atoms with Gasteiger partial charge in [0.25, 0.3) is 0 Å². The molecule has 0 aromatic rings. The van der Waals surface area contributed by atoms with E-state index >= 15 is 0 Å². The van der Waals surface area contributed by atoms with E-state index in [0.717, 1.165) is 0 Å². The molecule has 1 aliphatic heterocycles. The molecule has 0 saturated carbocycles. The molecule has 9 heteroatoms. The van der Waals surface area contributed by atoms with Gasteiger partial charge in [0.1, 0.15) is 6.10 Å². The SMILES string of the molecule is CC(C)(C)OC1C(C)(C)SSC1(C(F)(F)F)C(F)(F)F. The smallest absolute Gasteiger partial charge is 0.369 e. The van der Waals surface area contributed by atoms with E-state index in [4.69, 9.17) is 4.74 Å². The maximum absolute atomic E-state index is 13.2. The van der Waals surface area contributed by atoms with Crippen molar-refractivity contribution >= 4 is 21.6 Å². The summed E-state index contributed by atoms with van der Waals surface area (Å²) in [6.45, 7) is 6.98. The highest BCUT2D eigenvalue weighted by Crippen LogP contribution is 2.69. The summed E-state index contributed by atoms with van der Waals surface area (Å²) in [4.78, 5) is 0. The molecule has 0 aliphatic carbocycles. The van der Waals surface area contributed by atoms with Gasteiger partial charge in [0.15, 0.2) is 0 Å². The Balaban J connectivity index is 3.43. The first-order valence-corrected chi connectivity index (χ1v) is 7.88. The van der Waals surface area contributed by atoms with Crippen LogP contribution in [0.25, 0.3) is 0 Å². The van der Waals surface area contributed by atoms with Crippen molar-refractivity contribution in [1.29, 1.82) is 0 Å². The number of alkyl halides is 6. The van der Waals surface area contributed by atoms with E-state index in [-0.39, 0.29) is 10.8 Å². The van der Waals surface area contributed by atoms with Crippen LogP contribution in [-0.2, 0) is 4.74 Å². The molecule has 1 aliphatic rings. The zero-order chi connectivity index (χ0) is 16.2. The number of hydrogen-bond donors (Lipinski definition) is 0. The Bertz CT molecular complexity index is 355. The molecule has 1 atom stereocenters. The van der Waals surface area contributed by atoms with Gasteiger partial charge in [0.05, 0.1) is 5.60 Å². The third kappa shape index (κ3) is 3.04. The monoisotopic (exact) mass is 342 g/mol. The predicted molar refractivity (Wildman–Crippen MR) is 68.7 cm³/mol. The Morgan fingerprint density at radius 1 is 0.850 bits per heavy atom. The van der Waals surface area contributed by atoms with E-state index < -0.39 is 33.6 Å². The van der Waals surface area contributed by atoms with E-state index in [1.165, 1.54) is 34.6 Å². The average molecular weight is 342 g/mol. The van der Waals surface area contributed by atoms with Crippen LogP contribution in [0.4, 0.5) is 26.3 Å². The molecule has 20 heavy (non-hydrogen) atoms. The summed E-state index contributed by atoms with van der Waals surface area (Å²) in [5.74, 6) is 0. The Morgan fingerprint density at radius 3 is 1.55 bits per heavy atom. The molecule has 120 valence electrons. The molecule has 1 heterocycles. The van der Waals surface area contributed by atoms with Crippen LogP contribution in [0.5, 0.6) is 0 Å². The van der Waals surface area contributed by atoms with Crippen molar-refractivity contribution in [1.82, 2.24) is 0 Å². The molecule has 0 amide bonds. The lowest BCUT2D eigenvalue weighted by atomic mass is 9.89. The van der Waals surface area contributed by atoms with Crippen molar-refractivity contribution < 1.29 is 31.1 Å². The highest BCUT2D eigenvalue weighted by Gasteiger charge is 2.81. The van der Waals surface area contributed by atoms with Crippen molar-refractivity contribution in [2.45, 2.75) is 68.2 Å². The highest BCUT2D eigenvalue weighted by atomic mass is 33.1. The van der Waals surface area contributed by atoms with Crippen molar-refractivity contribution in [3.63, 3.8) is 0 Å². The van der Waals surface area contributed by atoms with Gasteiger partial charge in [-0.15, -0.1) is 0 Å². The largest absolute Gasteiger partial charge is 0.415 e. The van der Waals surface area contributed by atoms with Gasteiger partial charge in [0, 0.05) is 4.75 Å². The van der Waals surface area contributed by atoms with Gasteiger partial charge >= 0.3 is 12.4 Å². The molecule has 0 spiro atoms. The summed E-state index contributed by atoms with van der Waals surface area (Å²) in [6.07, 6.45) is -12.9. The van der Waals surface area contributed by atoms with E-state index in [1.807, 2.05) is 0 Å². The fourth-order valence-corrected chi connectivity index (χ4v) is 5.36. The van der Waals surface area contributed by atoms with E-state index in [2.05, 4.69) is 0 Å². The third-order valence-corrected chi connectivity index (χ3v) is 6.70. The van der Waals surface area contributed by atoms with Gasteiger partial charge in [-0.05, 0) is 34.6 Å². The molecular weight excluding hydrogens is 326 g/mol. The molecule has 0 aromatic heterocycles. The lowest BCUT2D eigenvalue weighted by Crippen LogP contribution is -2.64. The van der Waals surface area contributed by atoms with Crippen molar-refractivity contribution in [3.05, 3.63) is 0 Å². The van der Waals surface area contributed by atoms with Gasteiger partial charge < -0.3 is 4.74 Å². The molecule has 1 saturated heterocycles. The van der Waals surface area contributed by atoms with E-state index in [0.29, 0.717) is 10.8 Å². The van der Waals surface area contributed by atoms with Crippen molar-refractivity contribution in [3.8, 4) is 0 Å². The third-order valence-electron chi connectivity index (χ3n) is 2.70. The standard InChI is InChI=1S/C11H16F6OS2/c1-7(2,3)18-6-8(4,5)19-20-9(6,10(12,13)14)11(15,16)17/h6H,1-5H3. The van der Waals surface area contributed by atoms with Crippen LogP contribution in [0.1, 0.15) is 34.6 Å². The summed E-state index contributed by atoms with van der Waals surface area (Å²) in [5.41, 5.74) is -1.12. The summed E-state index contributed by atoms with van der Waals surface area (Å²) < 4.78 is 79.4. The van der Waals surface area contributed by atoms with Crippen LogP contribution < -0.4 is 0 Å². The lowest BCUT2D eigenvalue weighted by Gasteiger charge is -2.42. The van der Waals surface area contributed by atoms with Gasteiger partial charge in [-0.2, -0.15) is 26.3 Å². The van der Waals surface area contributed by atoms with Crippen LogP contribution in [-0.4, -0.2) is 33.6 Å². The number of halogens is 6. The molecule has 0 bridgehead atoms. The minimum absolute atomic E-state index is 0.199. The fourth-order valence-electron chi connectivity index (χ4n) is 1.88. The van der Waals surface area contributed by atoms with E-state index in [9.17, 15) is 26.3 Å². The molecule has 1 unspecified atom stereocenters. The quantitative estimate of drug-likeness (QED) is 0.478. The summed E-state index contributed by atoms with van der Waals surface area (Å²) >= 11 is 0. The van der Waals surface area contributed by atoms with Crippen molar-refractivity contribution in [2.24, 2.45) is 0 Å². The second-order valence-corrected chi connectivity index (χ2v) is 9.14. The van der Waals surface area contributed by atoms with Gasteiger partial charge in [-0.25, -0.2) is 0 Å². The minimum atomic E-state index is -5.45. The van der Waals surface area contributed by atoms with Crippen LogP contribution in [0.3, 0.4) is 0 Å². The number of hydrogen-bond acceptors (Lipinski definition) is 3. The molecule has 1 nitrogen and oxygen atoms in total. The summed E-state index contributed by atoms with van der Waals surface area (Å²) in [5, 5.41) is 0. The Morgan fingerprint density at radius 2 is 1.25 bits per heavy atom. The van der Waals surface area contributed by atoms with Gasteiger partial charge in [0.2, 0.25) is 4.75 Å². The van der Waals surface area contributed by atoms with Crippen LogP contribution in [0.15, 0.2) is 0 Å². The minimum Gasteiger partial charge on any atom is -0.369 e. The maximum atomic E-state index is 13.2. The van der Waals surface area contributed by atoms with Gasteiger partial charge in [-0.1, -0.05) is 21.6 Å². The second kappa shape index (κ2) is 4.87. The van der Waals surface area contributed by atoms with Crippen molar-refractivity contribution in [2.75, 3.05) is 0 Å². The maximum Gasteiger partial charge on any atom is 0.415 e. The first-order chi connectivity index (χ1) is 8.55. The van der Waals surface area contributed by atoms with Crippen LogP contribution in [0, 0.1) is 0 Å². The molecule has 0 radical (unpaired) electrons. The highest BCUT2D eigenvalue weighted by molar-refractivity contribution is 8.78. The average Bonchev–Trinajstić information content (AvgIpc) is 2.34. The first-order valence-electron chi connectivity index (χ1n) is 5.73. The zero-order valence-electron chi connectivity index (χ0n) is 11.6. The zero-order valence-corrected chi connectivity index (χ0v) is 13.2. The topological polar surface area (TPSA) is 9.23 Å². The van der Waals surface area contributed by atoms with E-state index in [1.54, 1.807) is 0 Å². The Labute approximate surface area is 121 Å². The number of rotatable bonds is 1. The summed E-state index contributed by atoms with van der Waals surface area (Å²) in [7, 11) is 0.362. The molecule has 0 N–H and O–H groups in total. The summed E-state index contributed by atoms with van der Waals surface area (Å²) in [6, 6.07) is 0. The predicted octanol–water partition coefficient (Wildman–Crippen LogP) is 5.21. The van der Waals surface area contributed by atoms with Crippen LogP contribution in [0.2, 0.25) is 0 Å². The molecule has 0 aromatic carbocycles. The molecule has 1 rings (SSSR count). The fraction of sp³-hybridized carbons (Fsp3) is 1.00. The molecular formula is C11H16F6OS2. The normalized spacial score (nSPS) is 26.9. The van der Waals surface area contributed by atoms with Crippen LogP contribution >= 0.6 is 21.6 Å². The molecule has 1 fully saturated rings. The second-order valence-electron chi connectivity index (χ2n) is 6.11. The lowest BCUT2D eigenvalue weighted by molar-refractivity contribution is -0.298. The number of ether oxygens (including phenoxy) is 1. The van der Waals surface area contributed by atoms with Gasteiger partial charge in [-0.3, -0.25) is 0 Å². The first kappa shape index (κ1) is 18.3. The Hall–Kier alpha value is 0.240. The Kier molecular flexibility index (Phi) is 4.46.